The molecule has 60 heavy (non-hydrogen) atoms. The van der Waals surface area contributed by atoms with Crippen LogP contribution in [0.2, 0.25) is 0 Å². The Morgan fingerprint density at radius 1 is 0.417 bits per heavy atom. The minimum absolute atomic E-state index is 0.587. The average Bonchev–Trinajstić information content (AvgIpc) is 3.87. The van der Waals surface area contributed by atoms with Gasteiger partial charge in [-0.1, -0.05) is 194 Å². The molecular formula is C56H39N3S. The van der Waals surface area contributed by atoms with Gasteiger partial charge in [0, 0.05) is 21.6 Å². The highest BCUT2D eigenvalue weighted by Gasteiger charge is 2.50. The average molecular weight is 786 g/mol. The summed E-state index contributed by atoms with van der Waals surface area (Å²) in [5, 5.41) is 0. The van der Waals surface area contributed by atoms with E-state index in [9.17, 15) is 0 Å². The molecule has 7 aromatic carbocycles. The lowest BCUT2D eigenvalue weighted by Crippen LogP contribution is -2.29. The fourth-order valence-electron chi connectivity index (χ4n) is 9.17. The summed E-state index contributed by atoms with van der Waals surface area (Å²) in [6.45, 7) is 0. The molecule has 9 aromatic rings. The van der Waals surface area contributed by atoms with E-state index in [0.29, 0.717) is 17.5 Å². The Balaban J connectivity index is 1.22. The van der Waals surface area contributed by atoms with E-state index < -0.39 is 5.41 Å². The highest BCUT2D eigenvalue weighted by molar-refractivity contribution is 7.19. The van der Waals surface area contributed by atoms with Gasteiger partial charge in [-0.3, -0.25) is 0 Å². The third-order valence-electron chi connectivity index (χ3n) is 11.8. The van der Waals surface area contributed by atoms with Crippen molar-refractivity contribution >= 4 is 16.9 Å². The zero-order valence-corrected chi connectivity index (χ0v) is 33.7. The molecule has 11 rings (SSSR count). The molecule has 2 aliphatic carbocycles. The largest absolute Gasteiger partial charge is 0.208 e. The summed E-state index contributed by atoms with van der Waals surface area (Å²) in [5.74, 6) is 2.00. The Labute approximate surface area is 354 Å². The molecule has 4 heteroatoms. The maximum absolute atomic E-state index is 5.52. The first-order chi connectivity index (χ1) is 29.8. The fourth-order valence-corrected chi connectivity index (χ4v) is 10.5. The van der Waals surface area contributed by atoms with E-state index in [1.54, 1.807) is 11.3 Å². The summed E-state index contributed by atoms with van der Waals surface area (Å²) in [6, 6.07) is 69.7. The van der Waals surface area contributed by atoms with Crippen molar-refractivity contribution in [1.82, 2.24) is 15.0 Å². The van der Waals surface area contributed by atoms with Crippen molar-refractivity contribution < 1.29 is 0 Å². The fraction of sp³-hybridized carbons (Fsp3) is 0.0536. The van der Waals surface area contributed by atoms with Gasteiger partial charge in [0.15, 0.2) is 17.5 Å². The first kappa shape index (κ1) is 35.9. The number of hydrogen-bond donors (Lipinski definition) is 0. The van der Waals surface area contributed by atoms with Gasteiger partial charge in [-0.25, -0.2) is 15.0 Å². The van der Waals surface area contributed by atoms with Crippen LogP contribution in [0.3, 0.4) is 0 Å². The zero-order chi connectivity index (χ0) is 39.9. The Kier molecular flexibility index (Phi) is 9.06. The van der Waals surface area contributed by atoms with Crippen LogP contribution in [0.4, 0.5) is 0 Å². The number of benzene rings is 7. The molecule has 2 aromatic heterocycles. The maximum atomic E-state index is 5.52. The predicted molar refractivity (Wildman–Crippen MR) is 249 cm³/mol. The van der Waals surface area contributed by atoms with Gasteiger partial charge in [0.1, 0.15) is 0 Å². The zero-order valence-electron chi connectivity index (χ0n) is 32.9. The normalized spacial score (nSPS) is 13.7. The molecule has 284 valence electrons. The minimum atomic E-state index is -0.587. The lowest BCUT2D eigenvalue weighted by atomic mass is 9.66. The van der Waals surface area contributed by atoms with Gasteiger partial charge < -0.3 is 0 Å². The Bertz CT molecular complexity index is 2960. The molecular weight excluding hydrogens is 747 g/mol. The lowest BCUT2D eigenvalue weighted by Gasteiger charge is -2.34. The first-order valence-electron chi connectivity index (χ1n) is 20.6. The molecule has 0 saturated heterocycles. The SMILES string of the molecule is C1=CC(c2nc(-c3cc(-c4ccccc4)cc(-c4ccccc4)c3)nc(-c3sc4c(c3-c3ccccc3)C(c3ccccc3)(c3ccccc3)c3ccccc3-4)n2)=CCC1. The smallest absolute Gasteiger partial charge is 0.174 e. The van der Waals surface area contributed by atoms with Crippen molar-refractivity contribution in [3.05, 3.63) is 240 Å². The van der Waals surface area contributed by atoms with Gasteiger partial charge in [-0.05, 0) is 86.7 Å². The highest BCUT2D eigenvalue weighted by atomic mass is 32.1. The van der Waals surface area contributed by atoms with Crippen molar-refractivity contribution in [2.75, 3.05) is 0 Å². The molecule has 0 fully saturated rings. The van der Waals surface area contributed by atoms with E-state index in [1.807, 2.05) is 0 Å². The minimum Gasteiger partial charge on any atom is -0.208 e. The molecule has 0 amide bonds. The second kappa shape index (κ2) is 15.2. The molecule has 0 atom stereocenters. The number of nitrogens with zero attached hydrogens (tertiary/aromatic N) is 3. The van der Waals surface area contributed by atoms with Crippen molar-refractivity contribution in [3.8, 4) is 65.9 Å². The van der Waals surface area contributed by atoms with Gasteiger partial charge in [0.25, 0.3) is 0 Å². The van der Waals surface area contributed by atoms with E-state index >= 15 is 0 Å². The van der Waals surface area contributed by atoms with Crippen LogP contribution in [0.25, 0.3) is 71.5 Å². The third-order valence-corrected chi connectivity index (χ3v) is 13.1. The molecule has 0 saturated carbocycles. The van der Waals surface area contributed by atoms with Gasteiger partial charge in [0.2, 0.25) is 0 Å². The summed E-state index contributed by atoms with van der Waals surface area (Å²) >= 11 is 1.80. The quantitative estimate of drug-likeness (QED) is 0.154. The number of aromatic nitrogens is 3. The van der Waals surface area contributed by atoms with Gasteiger partial charge in [0.05, 0.1) is 10.3 Å². The number of allylic oxidation sites excluding steroid dienone is 4. The molecule has 3 nitrogen and oxygen atoms in total. The molecule has 2 aliphatic rings. The van der Waals surface area contributed by atoms with Gasteiger partial charge in [-0.15, -0.1) is 11.3 Å². The van der Waals surface area contributed by atoms with Crippen molar-refractivity contribution in [3.63, 3.8) is 0 Å². The van der Waals surface area contributed by atoms with Crippen LogP contribution in [-0.2, 0) is 5.41 Å². The molecule has 0 bridgehead atoms. The standard InChI is InChI=1S/C56H39N3S/c1-7-21-38(22-8-1)42-35-43(39-23-9-2-10-24-39)37-44(36-42)54-57-53(41-27-13-4-14-28-41)58-55(59-54)52-49(40-25-11-3-12-26-40)50-51(60-52)47-33-19-20-34-48(47)56(50,45-29-15-5-16-30-45)46-31-17-6-18-32-46/h1-3,5-13,15-37H,4,14H2. The molecule has 0 unspecified atom stereocenters. The van der Waals surface area contributed by atoms with Crippen LogP contribution in [0.1, 0.15) is 40.9 Å². The van der Waals surface area contributed by atoms with Crippen LogP contribution in [-0.4, -0.2) is 15.0 Å². The van der Waals surface area contributed by atoms with E-state index in [4.69, 9.17) is 15.0 Å². The summed E-state index contributed by atoms with van der Waals surface area (Å²) in [4.78, 5) is 18.5. The maximum Gasteiger partial charge on any atom is 0.174 e. The summed E-state index contributed by atoms with van der Waals surface area (Å²) in [5.41, 5.74) is 14.4. The molecule has 0 N–H and O–H groups in total. The monoisotopic (exact) mass is 785 g/mol. The van der Waals surface area contributed by atoms with E-state index in [1.165, 1.54) is 32.7 Å². The van der Waals surface area contributed by atoms with Gasteiger partial charge >= 0.3 is 0 Å². The topological polar surface area (TPSA) is 38.7 Å². The molecule has 0 spiro atoms. The van der Waals surface area contributed by atoms with Crippen LogP contribution in [0.5, 0.6) is 0 Å². The van der Waals surface area contributed by atoms with Crippen LogP contribution in [0.15, 0.2) is 212 Å². The number of fused-ring (bicyclic) bond motifs is 3. The summed E-state index contributed by atoms with van der Waals surface area (Å²) in [6.07, 6.45) is 8.60. The highest BCUT2D eigenvalue weighted by Crippen LogP contribution is 2.63. The van der Waals surface area contributed by atoms with Crippen LogP contribution < -0.4 is 0 Å². The molecule has 0 aliphatic heterocycles. The van der Waals surface area contributed by atoms with Crippen LogP contribution >= 0.6 is 11.3 Å². The second-order valence-corrected chi connectivity index (χ2v) is 16.4. The second-order valence-electron chi connectivity index (χ2n) is 15.4. The number of hydrogen-bond acceptors (Lipinski definition) is 4. The van der Waals surface area contributed by atoms with Crippen molar-refractivity contribution in [2.45, 2.75) is 18.3 Å². The summed E-state index contributed by atoms with van der Waals surface area (Å²) < 4.78 is 0. The Morgan fingerprint density at radius 3 is 1.50 bits per heavy atom. The van der Waals surface area contributed by atoms with E-state index in [-0.39, 0.29) is 0 Å². The molecule has 2 heterocycles. The molecule has 0 radical (unpaired) electrons. The third kappa shape index (κ3) is 6.07. The Morgan fingerprint density at radius 2 is 0.917 bits per heavy atom. The predicted octanol–water partition coefficient (Wildman–Crippen LogP) is 14.4. The number of thiophene rings is 1. The van der Waals surface area contributed by atoms with E-state index in [2.05, 4.69) is 212 Å². The number of rotatable bonds is 8. The van der Waals surface area contributed by atoms with Crippen LogP contribution in [0, 0.1) is 0 Å². The van der Waals surface area contributed by atoms with Gasteiger partial charge in [-0.2, -0.15) is 0 Å². The van der Waals surface area contributed by atoms with Crippen molar-refractivity contribution in [2.24, 2.45) is 0 Å². The Hall–Kier alpha value is -7.27. The summed E-state index contributed by atoms with van der Waals surface area (Å²) in [7, 11) is 0. The van der Waals surface area contributed by atoms with E-state index in [0.717, 1.165) is 62.2 Å². The lowest BCUT2D eigenvalue weighted by molar-refractivity contribution is 0.772. The van der Waals surface area contributed by atoms with Crippen molar-refractivity contribution in [1.29, 1.82) is 0 Å². The first-order valence-corrected chi connectivity index (χ1v) is 21.4.